The summed E-state index contributed by atoms with van der Waals surface area (Å²) in [6, 6.07) is 8.10. The smallest absolute Gasteiger partial charge is 0.217 e. The minimum Gasteiger partial charge on any atom is -0.365 e. The summed E-state index contributed by atoms with van der Waals surface area (Å²) >= 11 is 27.4. The Labute approximate surface area is 159 Å². The van der Waals surface area contributed by atoms with Gasteiger partial charge in [-0.2, -0.15) is 0 Å². The second kappa shape index (κ2) is 4.64. The average molecular weight is 408 g/mol. The van der Waals surface area contributed by atoms with Gasteiger partial charge in [-0.15, -0.1) is 23.2 Å². The van der Waals surface area contributed by atoms with Crippen LogP contribution in [-0.4, -0.2) is 29.8 Å². The molecule has 6 atom stereocenters. The van der Waals surface area contributed by atoms with Gasteiger partial charge in [0.25, 0.3) is 0 Å². The summed E-state index contributed by atoms with van der Waals surface area (Å²) in [6.45, 7) is 0. The maximum atomic E-state index is 7.13. The third-order valence-corrected chi connectivity index (χ3v) is 8.87. The van der Waals surface area contributed by atoms with Crippen LogP contribution in [0, 0.1) is 11.8 Å². The van der Waals surface area contributed by atoms with Crippen LogP contribution in [0.2, 0.25) is 0 Å². The van der Waals surface area contributed by atoms with Crippen molar-refractivity contribution in [3.05, 3.63) is 45.5 Å². The minimum atomic E-state index is -1.35. The Kier molecular flexibility index (Phi) is 3.13. The standard InChI is InChI=1S/C17H14Cl4O3/c1-22-17(23-2)15(20)9-10(16(17,21)14(19)13(15)18)12-8-6-4-3-5-7(8)11(9)24-12/h3-6,9-12H,1-2H3/t9-,10+,11-,12-,15-,16-/m0/s1. The van der Waals surface area contributed by atoms with Gasteiger partial charge in [-0.3, -0.25) is 0 Å². The van der Waals surface area contributed by atoms with Gasteiger partial charge in [0, 0.05) is 26.1 Å². The number of fused-ring (bicyclic) bond motifs is 12. The highest BCUT2D eigenvalue weighted by atomic mass is 35.5. The molecule has 128 valence electrons. The molecule has 2 aliphatic carbocycles. The van der Waals surface area contributed by atoms with E-state index in [1.165, 1.54) is 14.2 Å². The lowest BCUT2D eigenvalue weighted by molar-refractivity contribution is -0.227. The zero-order chi connectivity index (χ0) is 17.1. The van der Waals surface area contributed by atoms with E-state index < -0.39 is 15.5 Å². The van der Waals surface area contributed by atoms with E-state index in [-0.39, 0.29) is 24.0 Å². The molecule has 3 nitrogen and oxygen atoms in total. The van der Waals surface area contributed by atoms with Gasteiger partial charge in [0.1, 0.15) is 9.75 Å². The van der Waals surface area contributed by atoms with Gasteiger partial charge in [0.05, 0.1) is 22.3 Å². The van der Waals surface area contributed by atoms with Crippen molar-refractivity contribution in [2.45, 2.75) is 27.7 Å². The van der Waals surface area contributed by atoms with Gasteiger partial charge in [-0.05, 0) is 11.1 Å². The van der Waals surface area contributed by atoms with Crippen molar-refractivity contribution in [3.8, 4) is 0 Å². The summed E-state index contributed by atoms with van der Waals surface area (Å²) in [5.74, 6) is -1.73. The second-order valence-corrected chi connectivity index (χ2v) is 8.68. The van der Waals surface area contributed by atoms with Gasteiger partial charge in [-0.1, -0.05) is 47.5 Å². The van der Waals surface area contributed by atoms with Crippen LogP contribution in [0.1, 0.15) is 23.3 Å². The highest BCUT2D eigenvalue weighted by Crippen LogP contribution is 2.81. The molecule has 7 heteroatoms. The zero-order valence-electron chi connectivity index (χ0n) is 12.9. The Morgan fingerprint density at radius 2 is 1.29 bits per heavy atom. The van der Waals surface area contributed by atoms with Crippen LogP contribution in [0.15, 0.2) is 34.3 Å². The van der Waals surface area contributed by atoms with E-state index in [9.17, 15) is 0 Å². The SMILES string of the molecule is COC1(OC)[C@@]2(Cl)C(Cl)=C(Cl)[C@@]1(Cl)[C@H]1[C@@H]2[C@H]2O[C@H]1c1ccccc12. The van der Waals surface area contributed by atoms with Crippen molar-refractivity contribution in [2.24, 2.45) is 11.8 Å². The Bertz CT molecular complexity index is 733. The predicted molar refractivity (Wildman–Crippen MR) is 92.6 cm³/mol. The van der Waals surface area contributed by atoms with Crippen LogP contribution < -0.4 is 0 Å². The van der Waals surface area contributed by atoms with E-state index in [1.54, 1.807) is 0 Å². The van der Waals surface area contributed by atoms with Crippen LogP contribution >= 0.6 is 46.4 Å². The van der Waals surface area contributed by atoms with Gasteiger partial charge < -0.3 is 14.2 Å². The fourth-order valence-corrected chi connectivity index (χ4v) is 7.70. The molecule has 1 aromatic rings. The highest BCUT2D eigenvalue weighted by molar-refractivity contribution is 6.52. The van der Waals surface area contributed by atoms with Crippen LogP contribution in [0.4, 0.5) is 0 Å². The number of methoxy groups -OCH3 is 2. The van der Waals surface area contributed by atoms with Crippen molar-refractivity contribution in [3.63, 3.8) is 0 Å². The molecule has 1 saturated heterocycles. The summed E-state index contributed by atoms with van der Waals surface area (Å²) in [6.07, 6.45) is -0.421. The molecule has 0 N–H and O–H groups in total. The second-order valence-electron chi connectivity index (χ2n) is 6.73. The predicted octanol–water partition coefficient (Wildman–Crippen LogP) is 4.71. The third-order valence-electron chi connectivity index (χ3n) is 6.22. The van der Waals surface area contributed by atoms with Gasteiger partial charge in [0.2, 0.25) is 5.79 Å². The van der Waals surface area contributed by atoms with Gasteiger partial charge in [-0.25, -0.2) is 0 Å². The van der Waals surface area contributed by atoms with Crippen molar-refractivity contribution < 1.29 is 14.2 Å². The summed E-state index contributed by atoms with van der Waals surface area (Å²) in [4.78, 5) is -2.40. The number of hydrogen-bond donors (Lipinski definition) is 0. The lowest BCUT2D eigenvalue weighted by Gasteiger charge is -2.42. The molecule has 1 saturated carbocycles. The molecular weight excluding hydrogens is 394 g/mol. The van der Waals surface area contributed by atoms with Gasteiger partial charge >= 0.3 is 0 Å². The molecular formula is C17H14Cl4O3. The molecule has 0 aromatic heterocycles. The van der Waals surface area contributed by atoms with Crippen LogP contribution in [0.3, 0.4) is 0 Å². The molecule has 0 amide bonds. The van der Waals surface area contributed by atoms with Crippen LogP contribution in [0.5, 0.6) is 0 Å². The third kappa shape index (κ3) is 1.28. The first-order chi connectivity index (χ1) is 11.4. The van der Waals surface area contributed by atoms with Crippen LogP contribution in [-0.2, 0) is 14.2 Å². The highest BCUT2D eigenvalue weighted by Gasteiger charge is 2.89. The molecule has 1 aromatic carbocycles. The first-order valence-corrected chi connectivity index (χ1v) is 9.20. The normalized spacial score (nSPS) is 46.6. The number of alkyl halides is 2. The Morgan fingerprint density at radius 3 is 1.67 bits per heavy atom. The number of rotatable bonds is 2. The number of ether oxygens (including phenoxy) is 3. The van der Waals surface area contributed by atoms with Gasteiger partial charge in [0.15, 0.2) is 0 Å². The molecule has 4 aliphatic rings. The maximum absolute atomic E-state index is 7.13. The number of hydrogen-bond acceptors (Lipinski definition) is 3. The molecule has 5 rings (SSSR count). The molecule has 4 bridgehead atoms. The molecule has 2 heterocycles. The van der Waals surface area contributed by atoms with E-state index in [2.05, 4.69) is 12.1 Å². The van der Waals surface area contributed by atoms with E-state index in [4.69, 9.17) is 60.6 Å². The molecule has 0 spiro atoms. The van der Waals surface area contributed by atoms with E-state index in [1.807, 2.05) is 12.1 Å². The Balaban J connectivity index is 1.81. The molecule has 24 heavy (non-hydrogen) atoms. The minimum absolute atomic E-state index is 0.188. The first kappa shape index (κ1) is 16.2. The molecule has 0 radical (unpaired) electrons. The van der Waals surface area contributed by atoms with E-state index >= 15 is 0 Å². The zero-order valence-corrected chi connectivity index (χ0v) is 15.9. The number of benzene rings is 1. The molecule has 2 aliphatic heterocycles. The maximum Gasteiger partial charge on any atom is 0.217 e. The summed E-state index contributed by atoms with van der Waals surface area (Å²) in [5.41, 5.74) is 2.25. The lowest BCUT2D eigenvalue weighted by atomic mass is 9.70. The fourth-order valence-electron chi connectivity index (χ4n) is 5.46. The van der Waals surface area contributed by atoms with Crippen LogP contribution in [0.25, 0.3) is 0 Å². The van der Waals surface area contributed by atoms with E-state index in [0.29, 0.717) is 10.1 Å². The monoisotopic (exact) mass is 406 g/mol. The Morgan fingerprint density at radius 1 is 0.875 bits per heavy atom. The molecule has 2 fully saturated rings. The van der Waals surface area contributed by atoms with E-state index in [0.717, 1.165) is 11.1 Å². The summed E-state index contributed by atoms with van der Waals surface area (Å²) in [5, 5.41) is 0.582. The quantitative estimate of drug-likeness (QED) is 0.525. The fraction of sp³-hybridized carbons (Fsp3) is 0.529. The first-order valence-electron chi connectivity index (χ1n) is 7.68. The number of halogens is 4. The van der Waals surface area contributed by atoms with Crippen molar-refractivity contribution in [1.29, 1.82) is 0 Å². The Hall–Kier alpha value is -0.000000000000000222. The topological polar surface area (TPSA) is 27.7 Å². The largest absolute Gasteiger partial charge is 0.365 e. The van der Waals surface area contributed by atoms with Crippen molar-refractivity contribution in [1.82, 2.24) is 0 Å². The van der Waals surface area contributed by atoms with Crippen molar-refractivity contribution >= 4 is 46.4 Å². The summed E-state index contributed by atoms with van der Waals surface area (Å²) in [7, 11) is 3.04. The average Bonchev–Trinajstić information content (AvgIpc) is 3.24. The lowest BCUT2D eigenvalue weighted by Crippen LogP contribution is -2.58. The van der Waals surface area contributed by atoms with Crippen molar-refractivity contribution in [2.75, 3.05) is 14.2 Å². The molecule has 0 unspecified atom stereocenters. The summed E-state index contributed by atoms with van der Waals surface area (Å²) < 4.78 is 17.9.